The van der Waals surface area contributed by atoms with E-state index in [9.17, 15) is 13.2 Å². The zero-order chi connectivity index (χ0) is 17.9. The second kappa shape index (κ2) is 7.14. The normalized spacial score (nSPS) is 16.3. The second-order valence-corrected chi connectivity index (χ2v) is 7.85. The van der Waals surface area contributed by atoms with E-state index in [0.29, 0.717) is 18.1 Å². The van der Waals surface area contributed by atoms with Gasteiger partial charge in [0.25, 0.3) is 5.91 Å². The quantitative estimate of drug-likeness (QED) is 0.881. The number of ether oxygens (including phenoxy) is 2. The van der Waals surface area contributed by atoms with Gasteiger partial charge in [-0.15, -0.1) is 0 Å². The molecule has 25 heavy (non-hydrogen) atoms. The highest BCUT2D eigenvalue weighted by molar-refractivity contribution is 7.91. The number of carbonyl (C=O) groups is 1. The molecule has 1 amide bonds. The molecule has 0 saturated heterocycles. The molecule has 2 aromatic carbocycles. The van der Waals surface area contributed by atoms with Gasteiger partial charge in [0, 0.05) is 0 Å². The van der Waals surface area contributed by atoms with Crippen LogP contribution in [-0.4, -0.2) is 39.3 Å². The minimum Gasteiger partial charge on any atom is -0.486 e. The van der Waals surface area contributed by atoms with Crippen LogP contribution < -0.4 is 14.8 Å². The number of amides is 1. The molecule has 3 rings (SSSR count). The lowest BCUT2D eigenvalue weighted by molar-refractivity contribution is 0.0787. The van der Waals surface area contributed by atoms with Crippen LogP contribution in [-0.2, 0) is 9.84 Å². The van der Waals surface area contributed by atoms with Crippen molar-refractivity contribution in [2.45, 2.75) is 17.9 Å². The molecule has 1 atom stereocenters. The summed E-state index contributed by atoms with van der Waals surface area (Å²) in [7, 11) is -3.47. The predicted molar refractivity (Wildman–Crippen MR) is 92.9 cm³/mol. The highest BCUT2D eigenvalue weighted by Crippen LogP contribution is 2.30. The average molecular weight is 361 g/mol. The van der Waals surface area contributed by atoms with E-state index in [1.54, 1.807) is 25.1 Å². The number of sulfone groups is 1. The average Bonchev–Trinajstić information content (AvgIpc) is 2.66. The van der Waals surface area contributed by atoms with Crippen LogP contribution in [0.5, 0.6) is 11.5 Å². The maximum absolute atomic E-state index is 12.4. The first-order chi connectivity index (χ1) is 12.0. The summed E-state index contributed by atoms with van der Waals surface area (Å²) in [6, 6.07) is 13.5. The highest BCUT2D eigenvalue weighted by atomic mass is 32.2. The van der Waals surface area contributed by atoms with Gasteiger partial charge in [0.2, 0.25) is 0 Å². The Morgan fingerprint density at radius 1 is 1.12 bits per heavy atom. The smallest absolute Gasteiger partial charge is 0.252 e. The molecule has 1 N–H and O–H groups in total. The van der Waals surface area contributed by atoms with E-state index in [4.69, 9.17) is 9.47 Å². The Morgan fingerprint density at radius 3 is 2.56 bits per heavy atom. The van der Waals surface area contributed by atoms with Gasteiger partial charge in [-0.2, -0.15) is 0 Å². The Labute approximate surface area is 146 Å². The van der Waals surface area contributed by atoms with Crippen LogP contribution in [0.3, 0.4) is 0 Å². The van der Waals surface area contributed by atoms with Gasteiger partial charge in [-0.25, -0.2) is 8.42 Å². The number of hydrogen-bond donors (Lipinski definition) is 1. The van der Waals surface area contributed by atoms with Crippen LogP contribution in [0.15, 0.2) is 53.4 Å². The Kier molecular flexibility index (Phi) is 4.94. The van der Waals surface area contributed by atoms with Gasteiger partial charge in [0.1, 0.15) is 12.7 Å². The highest BCUT2D eigenvalue weighted by Gasteiger charge is 2.24. The SMILES string of the molecule is CCS(=O)(=O)c1ccccc1C(=O)NCC1COc2ccccc2O1. The topological polar surface area (TPSA) is 81.7 Å². The molecule has 0 saturated carbocycles. The molecule has 1 heterocycles. The molecule has 6 nitrogen and oxygen atoms in total. The monoisotopic (exact) mass is 361 g/mol. The fourth-order valence-corrected chi connectivity index (χ4v) is 3.64. The largest absolute Gasteiger partial charge is 0.486 e. The number of carbonyl (C=O) groups excluding carboxylic acids is 1. The van der Waals surface area contributed by atoms with Crippen molar-refractivity contribution in [3.05, 3.63) is 54.1 Å². The maximum atomic E-state index is 12.4. The van der Waals surface area contributed by atoms with Gasteiger partial charge < -0.3 is 14.8 Å². The lowest BCUT2D eigenvalue weighted by Crippen LogP contribution is -2.41. The van der Waals surface area contributed by atoms with Crippen molar-refractivity contribution >= 4 is 15.7 Å². The second-order valence-electron chi connectivity index (χ2n) is 5.61. The third-order valence-corrected chi connectivity index (χ3v) is 5.69. The fraction of sp³-hybridized carbons (Fsp3) is 0.278. The van der Waals surface area contributed by atoms with Gasteiger partial charge in [0.05, 0.1) is 22.8 Å². The molecule has 2 aromatic rings. The summed E-state index contributed by atoms with van der Waals surface area (Å²) >= 11 is 0. The van der Waals surface area contributed by atoms with E-state index in [-0.39, 0.29) is 28.9 Å². The van der Waals surface area contributed by atoms with Crippen LogP contribution in [0.2, 0.25) is 0 Å². The standard InChI is InChI=1S/C18H19NO5S/c1-2-25(21,22)17-10-6-3-7-14(17)18(20)19-11-13-12-23-15-8-4-5-9-16(15)24-13/h3-10,13H,2,11-12H2,1H3,(H,19,20). The van der Waals surface area contributed by atoms with Gasteiger partial charge in [-0.1, -0.05) is 31.2 Å². The molecule has 0 bridgehead atoms. The third-order valence-electron chi connectivity index (χ3n) is 3.90. The minimum atomic E-state index is -3.47. The van der Waals surface area contributed by atoms with E-state index in [1.807, 2.05) is 18.2 Å². The molecule has 0 aliphatic carbocycles. The lowest BCUT2D eigenvalue weighted by Gasteiger charge is -2.26. The molecule has 7 heteroatoms. The van der Waals surface area contributed by atoms with Crippen molar-refractivity contribution in [2.24, 2.45) is 0 Å². The summed E-state index contributed by atoms with van der Waals surface area (Å²) in [5, 5.41) is 2.73. The molecule has 1 unspecified atom stereocenters. The number of hydrogen-bond acceptors (Lipinski definition) is 5. The Bertz CT molecular complexity index is 879. The van der Waals surface area contributed by atoms with Crippen LogP contribution in [0.1, 0.15) is 17.3 Å². The van der Waals surface area contributed by atoms with Crippen LogP contribution >= 0.6 is 0 Å². The van der Waals surface area contributed by atoms with Crippen molar-refractivity contribution in [1.29, 1.82) is 0 Å². The van der Waals surface area contributed by atoms with Crippen molar-refractivity contribution in [1.82, 2.24) is 5.32 Å². The van der Waals surface area contributed by atoms with Gasteiger partial charge in [0.15, 0.2) is 21.3 Å². The van der Waals surface area contributed by atoms with Crippen LogP contribution in [0.4, 0.5) is 0 Å². The Hall–Kier alpha value is -2.54. The first kappa shape index (κ1) is 17.3. The summed E-state index contributed by atoms with van der Waals surface area (Å²) in [5.74, 6) is 0.787. The first-order valence-electron chi connectivity index (χ1n) is 7.99. The van der Waals surface area contributed by atoms with Gasteiger partial charge in [-0.3, -0.25) is 4.79 Å². The maximum Gasteiger partial charge on any atom is 0.252 e. The lowest BCUT2D eigenvalue weighted by atomic mass is 10.2. The van der Waals surface area contributed by atoms with Crippen LogP contribution in [0.25, 0.3) is 0 Å². The van der Waals surface area contributed by atoms with E-state index < -0.39 is 15.7 Å². The zero-order valence-corrected chi connectivity index (χ0v) is 14.6. The Balaban J connectivity index is 1.69. The molecule has 0 radical (unpaired) electrons. The van der Waals surface area contributed by atoms with E-state index in [2.05, 4.69) is 5.32 Å². The zero-order valence-electron chi connectivity index (χ0n) is 13.8. The number of benzene rings is 2. The predicted octanol–water partition coefficient (Wildman–Crippen LogP) is 2.05. The fourth-order valence-electron chi connectivity index (χ4n) is 2.55. The van der Waals surface area contributed by atoms with Crippen molar-refractivity contribution < 1.29 is 22.7 Å². The van der Waals surface area contributed by atoms with Gasteiger partial charge in [-0.05, 0) is 24.3 Å². The number of para-hydroxylation sites is 2. The summed E-state index contributed by atoms with van der Waals surface area (Å²) in [5.41, 5.74) is 0.140. The van der Waals surface area contributed by atoms with Crippen molar-refractivity contribution in [3.63, 3.8) is 0 Å². The molecule has 0 aromatic heterocycles. The van der Waals surface area contributed by atoms with Crippen molar-refractivity contribution in [3.8, 4) is 11.5 Å². The molecular formula is C18H19NO5S. The summed E-state index contributed by atoms with van der Waals surface area (Å²) in [6.07, 6.45) is -0.339. The molecule has 0 fully saturated rings. The van der Waals surface area contributed by atoms with Crippen LogP contribution in [0, 0.1) is 0 Å². The number of fused-ring (bicyclic) bond motifs is 1. The van der Waals surface area contributed by atoms with E-state index >= 15 is 0 Å². The third kappa shape index (κ3) is 3.76. The molecule has 1 aliphatic heterocycles. The minimum absolute atomic E-state index is 0.0427. The summed E-state index contributed by atoms with van der Waals surface area (Å²) in [4.78, 5) is 12.5. The molecule has 132 valence electrons. The first-order valence-corrected chi connectivity index (χ1v) is 9.65. The molecule has 1 aliphatic rings. The molecular weight excluding hydrogens is 342 g/mol. The molecule has 0 spiro atoms. The van der Waals surface area contributed by atoms with E-state index in [1.165, 1.54) is 12.1 Å². The van der Waals surface area contributed by atoms with E-state index in [0.717, 1.165) is 0 Å². The van der Waals surface area contributed by atoms with Gasteiger partial charge >= 0.3 is 0 Å². The van der Waals surface area contributed by atoms with Crippen molar-refractivity contribution in [2.75, 3.05) is 18.9 Å². The number of rotatable bonds is 5. The number of nitrogens with one attached hydrogen (secondary N) is 1. The Morgan fingerprint density at radius 2 is 1.80 bits per heavy atom. The summed E-state index contributed by atoms with van der Waals surface area (Å²) in [6.45, 7) is 2.08. The summed E-state index contributed by atoms with van der Waals surface area (Å²) < 4.78 is 35.7.